The van der Waals surface area contributed by atoms with Crippen molar-refractivity contribution in [2.75, 3.05) is 0 Å². The Labute approximate surface area is 100 Å². The summed E-state index contributed by atoms with van der Waals surface area (Å²) in [4.78, 5) is 14.3. The summed E-state index contributed by atoms with van der Waals surface area (Å²) in [6.07, 6.45) is -4.26. The van der Waals surface area contributed by atoms with Gasteiger partial charge in [-0.25, -0.2) is 0 Å². The lowest BCUT2D eigenvalue weighted by Crippen LogP contribution is -2.20. The summed E-state index contributed by atoms with van der Waals surface area (Å²) in [6, 6.07) is 0. The van der Waals surface area contributed by atoms with Gasteiger partial charge in [0.25, 0.3) is 0 Å². The fourth-order valence-electron chi connectivity index (χ4n) is 1.41. The standard InChI is InChI=1S/C10H11F3N2O3/c1-5-7(2-8(16)17)15-4-6(3-14)9(5)18-10(11,12)13/h4H,2-3,14H2,1H3,(H,16,17). The number of aliphatic carboxylic acids is 1. The Morgan fingerprint density at radius 1 is 1.56 bits per heavy atom. The maximum Gasteiger partial charge on any atom is 0.573 e. The van der Waals surface area contributed by atoms with Gasteiger partial charge in [0.15, 0.2) is 0 Å². The highest BCUT2D eigenvalue weighted by Gasteiger charge is 2.33. The third kappa shape index (κ3) is 3.59. The monoisotopic (exact) mass is 264 g/mol. The highest BCUT2D eigenvalue weighted by Crippen LogP contribution is 2.30. The number of alkyl halides is 3. The fourth-order valence-corrected chi connectivity index (χ4v) is 1.41. The zero-order valence-corrected chi connectivity index (χ0v) is 9.41. The van der Waals surface area contributed by atoms with Crippen molar-refractivity contribution >= 4 is 5.97 Å². The van der Waals surface area contributed by atoms with Crippen LogP contribution in [0.1, 0.15) is 16.8 Å². The lowest BCUT2D eigenvalue weighted by molar-refractivity contribution is -0.275. The number of halogens is 3. The van der Waals surface area contributed by atoms with Gasteiger partial charge in [0.2, 0.25) is 0 Å². The van der Waals surface area contributed by atoms with Crippen LogP contribution in [0.3, 0.4) is 0 Å². The molecule has 1 aromatic rings. The summed E-state index contributed by atoms with van der Waals surface area (Å²) in [6.45, 7) is 1.12. The van der Waals surface area contributed by atoms with Crippen molar-refractivity contribution in [2.45, 2.75) is 26.3 Å². The van der Waals surface area contributed by atoms with Crippen molar-refractivity contribution in [1.82, 2.24) is 4.98 Å². The predicted octanol–water partition coefficient (Wildman–Crippen LogP) is 1.37. The zero-order valence-electron chi connectivity index (χ0n) is 9.41. The van der Waals surface area contributed by atoms with Gasteiger partial charge in [0.1, 0.15) is 5.75 Å². The van der Waals surface area contributed by atoms with Gasteiger partial charge < -0.3 is 15.6 Å². The van der Waals surface area contributed by atoms with Gasteiger partial charge in [0, 0.05) is 23.9 Å². The number of carbonyl (C=O) groups is 1. The first-order chi connectivity index (χ1) is 8.24. The molecule has 0 aliphatic rings. The van der Waals surface area contributed by atoms with Gasteiger partial charge in [-0.1, -0.05) is 0 Å². The maximum absolute atomic E-state index is 12.2. The molecule has 8 heteroatoms. The number of carboxylic acids is 1. The van der Waals surface area contributed by atoms with E-state index in [-0.39, 0.29) is 23.4 Å². The van der Waals surface area contributed by atoms with Crippen LogP contribution in [0.2, 0.25) is 0 Å². The summed E-state index contributed by atoms with van der Waals surface area (Å²) in [5.41, 5.74) is 5.39. The van der Waals surface area contributed by atoms with E-state index < -0.39 is 24.5 Å². The molecule has 0 aliphatic heterocycles. The number of nitrogens with zero attached hydrogens (tertiary/aromatic N) is 1. The average Bonchev–Trinajstić information content (AvgIpc) is 2.22. The number of rotatable bonds is 4. The minimum atomic E-state index is -4.86. The molecule has 0 atom stereocenters. The lowest BCUT2D eigenvalue weighted by atomic mass is 10.1. The van der Waals surface area contributed by atoms with E-state index in [1.165, 1.54) is 6.92 Å². The van der Waals surface area contributed by atoms with E-state index in [1.807, 2.05) is 0 Å². The second kappa shape index (κ2) is 5.21. The van der Waals surface area contributed by atoms with E-state index in [2.05, 4.69) is 9.72 Å². The molecule has 0 unspecified atom stereocenters. The zero-order chi connectivity index (χ0) is 13.9. The maximum atomic E-state index is 12.2. The van der Waals surface area contributed by atoms with Gasteiger partial charge in [-0.2, -0.15) is 0 Å². The summed E-state index contributed by atoms with van der Waals surface area (Å²) in [7, 11) is 0. The van der Waals surface area contributed by atoms with Crippen LogP contribution in [0.25, 0.3) is 0 Å². The quantitative estimate of drug-likeness (QED) is 0.857. The van der Waals surface area contributed by atoms with Gasteiger partial charge in [-0.05, 0) is 6.92 Å². The molecule has 100 valence electrons. The number of pyridine rings is 1. The van der Waals surface area contributed by atoms with Crippen LogP contribution in [-0.4, -0.2) is 22.4 Å². The molecule has 5 nitrogen and oxygen atoms in total. The van der Waals surface area contributed by atoms with Crippen LogP contribution in [0.15, 0.2) is 6.20 Å². The van der Waals surface area contributed by atoms with Crippen LogP contribution in [0, 0.1) is 6.92 Å². The van der Waals surface area contributed by atoms with E-state index in [0.29, 0.717) is 0 Å². The van der Waals surface area contributed by atoms with E-state index in [9.17, 15) is 18.0 Å². The molecule has 18 heavy (non-hydrogen) atoms. The van der Waals surface area contributed by atoms with Gasteiger partial charge in [0.05, 0.1) is 12.1 Å². The number of carboxylic acid groups (broad SMARTS) is 1. The summed E-state index contributed by atoms with van der Waals surface area (Å²) in [5.74, 6) is -1.67. The number of aromatic nitrogens is 1. The van der Waals surface area contributed by atoms with Crippen molar-refractivity contribution in [3.8, 4) is 5.75 Å². The molecule has 0 aromatic carbocycles. The molecule has 0 spiro atoms. The topological polar surface area (TPSA) is 85.4 Å². The lowest BCUT2D eigenvalue weighted by Gasteiger charge is -2.16. The summed E-state index contributed by atoms with van der Waals surface area (Å²) >= 11 is 0. The van der Waals surface area contributed by atoms with Crippen LogP contribution in [0.5, 0.6) is 5.75 Å². The summed E-state index contributed by atoms with van der Waals surface area (Å²) in [5, 5.41) is 8.61. The SMILES string of the molecule is Cc1c(CC(=O)O)ncc(CN)c1OC(F)(F)F. The Balaban J connectivity index is 3.22. The minimum Gasteiger partial charge on any atom is -0.481 e. The first-order valence-corrected chi connectivity index (χ1v) is 4.89. The second-order valence-electron chi connectivity index (χ2n) is 3.51. The molecule has 0 amide bonds. The van der Waals surface area contributed by atoms with Crippen molar-refractivity contribution < 1.29 is 27.8 Å². The summed E-state index contributed by atoms with van der Waals surface area (Å²) < 4.78 is 40.6. The number of ether oxygens (including phenoxy) is 1. The molecule has 0 bridgehead atoms. The van der Waals surface area contributed by atoms with Crippen molar-refractivity contribution in [1.29, 1.82) is 0 Å². The van der Waals surface area contributed by atoms with E-state index in [0.717, 1.165) is 6.20 Å². The molecule has 1 aromatic heterocycles. The molecule has 0 saturated carbocycles. The molecule has 1 heterocycles. The smallest absolute Gasteiger partial charge is 0.481 e. The van der Waals surface area contributed by atoms with Crippen LogP contribution in [0.4, 0.5) is 13.2 Å². The van der Waals surface area contributed by atoms with E-state index in [1.54, 1.807) is 0 Å². The van der Waals surface area contributed by atoms with Gasteiger partial charge in [-0.3, -0.25) is 9.78 Å². The highest BCUT2D eigenvalue weighted by molar-refractivity contribution is 5.70. The normalized spacial score (nSPS) is 11.4. The molecule has 3 N–H and O–H groups in total. The van der Waals surface area contributed by atoms with Crippen molar-refractivity contribution in [3.05, 3.63) is 23.0 Å². The van der Waals surface area contributed by atoms with Crippen LogP contribution in [-0.2, 0) is 17.8 Å². The Hall–Kier alpha value is -1.83. The first kappa shape index (κ1) is 14.2. The van der Waals surface area contributed by atoms with E-state index in [4.69, 9.17) is 10.8 Å². The predicted molar refractivity (Wildman–Crippen MR) is 54.9 cm³/mol. The largest absolute Gasteiger partial charge is 0.573 e. The third-order valence-corrected chi connectivity index (χ3v) is 2.20. The molecule has 0 fully saturated rings. The van der Waals surface area contributed by atoms with Gasteiger partial charge >= 0.3 is 12.3 Å². The molecule has 0 radical (unpaired) electrons. The first-order valence-electron chi connectivity index (χ1n) is 4.89. The third-order valence-electron chi connectivity index (χ3n) is 2.20. The number of nitrogens with two attached hydrogens (primary N) is 1. The number of hydrogen-bond acceptors (Lipinski definition) is 4. The van der Waals surface area contributed by atoms with Crippen LogP contribution < -0.4 is 10.5 Å². The minimum absolute atomic E-state index is 0.0129. The molecule has 0 saturated heterocycles. The molecular weight excluding hydrogens is 253 g/mol. The Kier molecular flexibility index (Phi) is 4.12. The van der Waals surface area contributed by atoms with Gasteiger partial charge in [-0.15, -0.1) is 13.2 Å². The molecule has 0 aliphatic carbocycles. The molecule has 1 rings (SSSR count). The fraction of sp³-hybridized carbons (Fsp3) is 0.400. The van der Waals surface area contributed by atoms with Crippen molar-refractivity contribution in [2.24, 2.45) is 5.73 Å². The highest BCUT2D eigenvalue weighted by atomic mass is 19.4. The number of hydrogen-bond donors (Lipinski definition) is 2. The van der Waals surface area contributed by atoms with E-state index >= 15 is 0 Å². The average molecular weight is 264 g/mol. The molecular formula is C10H11F3N2O3. The Bertz CT molecular complexity index is 460. The second-order valence-corrected chi connectivity index (χ2v) is 3.51. The van der Waals surface area contributed by atoms with Crippen LogP contribution >= 0.6 is 0 Å². The Morgan fingerprint density at radius 2 is 2.17 bits per heavy atom. The van der Waals surface area contributed by atoms with Crippen molar-refractivity contribution in [3.63, 3.8) is 0 Å². The Morgan fingerprint density at radius 3 is 2.61 bits per heavy atom.